The third kappa shape index (κ3) is 3.06. The topological polar surface area (TPSA) is 55.1 Å². The summed E-state index contributed by atoms with van der Waals surface area (Å²) < 4.78 is 1.60. The maximum absolute atomic E-state index is 11.6. The van der Waals surface area contributed by atoms with E-state index in [1.165, 1.54) is 0 Å². The third-order valence-electron chi connectivity index (χ3n) is 3.23. The first-order valence-corrected chi connectivity index (χ1v) is 7.54. The van der Waals surface area contributed by atoms with Gasteiger partial charge in [0, 0.05) is 5.02 Å². The zero-order chi connectivity index (χ0) is 15.6. The number of nitrogens with zero attached hydrogens (tertiary/aromatic N) is 2. The second-order valence-electron chi connectivity index (χ2n) is 4.68. The Bertz CT molecular complexity index is 681. The first-order chi connectivity index (χ1) is 9.99. The zero-order valence-corrected chi connectivity index (χ0v) is 13.4. The molecule has 1 aromatic carbocycles. The lowest BCUT2D eigenvalue weighted by Gasteiger charge is -2.09. The molecule has 6 heteroatoms. The molecule has 0 fully saturated rings. The maximum Gasteiger partial charge on any atom is 0.339 e. The summed E-state index contributed by atoms with van der Waals surface area (Å²) >= 11 is 12.2. The molecule has 0 atom stereocenters. The highest BCUT2D eigenvalue weighted by Crippen LogP contribution is 2.28. The lowest BCUT2D eigenvalue weighted by Crippen LogP contribution is -2.06. The average Bonchev–Trinajstić information content (AvgIpc) is 2.80. The summed E-state index contributed by atoms with van der Waals surface area (Å²) in [6.07, 6.45) is 1.98. The van der Waals surface area contributed by atoms with E-state index in [-0.39, 0.29) is 5.56 Å². The van der Waals surface area contributed by atoms with Gasteiger partial charge in [0.1, 0.15) is 5.56 Å². The normalized spacial score (nSPS) is 10.9. The summed E-state index contributed by atoms with van der Waals surface area (Å²) in [6.45, 7) is 3.89. The zero-order valence-electron chi connectivity index (χ0n) is 11.9. The quantitative estimate of drug-likeness (QED) is 0.886. The molecule has 1 heterocycles. The SMILES string of the molecule is CCCc1nn(-c2cc(Cl)ccc2Cl)c(CC)c1C(=O)O. The van der Waals surface area contributed by atoms with E-state index in [2.05, 4.69) is 5.10 Å². The van der Waals surface area contributed by atoms with Crippen molar-refractivity contribution in [1.82, 2.24) is 9.78 Å². The Balaban J connectivity index is 2.71. The second kappa shape index (κ2) is 6.50. The Morgan fingerprint density at radius 2 is 2.05 bits per heavy atom. The van der Waals surface area contributed by atoms with Crippen LogP contribution in [0.15, 0.2) is 18.2 Å². The van der Waals surface area contributed by atoms with Gasteiger partial charge in [0.15, 0.2) is 0 Å². The number of hydrogen-bond acceptors (Lipinski definition) is 2. The van der Waals surface area contributed by atoms with Crippen LogP contribution >= 0.6 is 23.2 Å². The molecule has 0 bridgehead atoms. The molecule has 0 amide bonds. The van der Waals surface area contributed by atoms with Crippen LogP contribution in [0, 0.1) is 0 Å². The van der Waals surface area contributed by atoms with E-state index in [9.17, 15) is 9.90 Å². The number of rotatable bonds is 5. The van der Waals surface area contributed by atoms with Gasteiger partial charge >= 0.3 is 5.97 Å². The van der Waals surface area contributed by atoms with E-state index in [1.807, 2.05) is 13.8 Å². The lowest BCUT2D eigenvalue weighted by atomic mass is 10.1. The van der Waals surface area contributed by atoms with Crippen molar-refractivity contribution in [2.75, 3.05) is 0 Å². The summed E-state index contributed by atoms with van der Waals surface area (Å²) in [5, 5.41) is 14.9. The van der Waals surface area contributed by atoms with E-state index in [0.717, 1.165) is 6.42 Å². The van der Waals surface area contributed by atoms with Crippen molar-refractivity contribution in [1.29, 1.82) is 0 Å². The van der Waals surface area contributed by atoms with E-state index >= 15 is 0 Å². The van der Waals surface area contributed by atoms with Crippen LogP contribution in [0.25, 0.3) is 5.69 Å². The van der Waals surface area contributed by atoms with Crippen molar-refractivity contribution in [2.45, 2.75) is 33.1 Å². The van der Waals surface area contributed by atoms with Gasteiger partial charge < -0.3 is 5.11 Å². The summed E-state index contributed by atoms with van der Waals surface area (Å²) in [4.78, 5) is 11.6. The number of carboxylic acids is 1. The van der Waals surface area contributed by atoms with Gasteiger partial charge in [0.25, 0.3) is 0 Å². The van der Waals surface area contributed by atoms with Crippen LogP contribution in [0.1, 0.15) is 42.0 Å². The molecule has 0 spiro atoms. The standard InChI is InChI=1S/C15H16Cl2N2O2/c1-3-5-11-14(15(20)21)12(4-2)19(18-11)13-8-9(16)6-7-10(13)17/h6-8H,3-5H2,1-2H3,(H,20,21). The van der Waals surface area contributed by atoms with Crippen molar-refractivity contribution < 1.29 is 9.90 Å². The summed E-state index contributed by atoms with van der Waals surface area (Å²) in [5.41, 5.74) is 2.09. The van der Waals surface area contributed by atoms with Crippen molar-refractivity contribution in [3.63, 3.8) is 0 Å². The van der Waals surface area contributed by atoms with E-state index < -0.39 is 5.97 Å². The Kier molecular flexibility index (Phi) is 4.91. The van der Waals surface area contributed by atoms with Gasteiger partial charge in [-0.3, -0.25) is 0 Å². The van der Waals surface area contributed by atoms with E-state index in [1.54, 1.807) is 22.9 Å². The van der Waals surface area contributed by atoms with Crippen LogP contribution in [0.4, 0.5) is 0 Å². The van der Waals surface area contributed by atoms with Crippen LogP contribution in [0.3, 0.4) is 0 Å². The predicted molar refractivity (Wildman–Crippen MR) is 83.9 cm³/mol. The molecule has 0 radical (unpaired) electrons. The minimum Gasteiger partial charge on any atom is -0.478 e. The largest absolute Gasteiger partial charge is 0.478 e. The summed E-state index contributed by atoms with van der Waals surface area (Å²) in [7, 11) is 0. The van der Waals surface area contributed by atoms with Gasteiger partial charge in [-0.05, 0) is 31.0 Å². The molecule has 21 heavy (non-hydrogen) atoms. The highest BCUT2D eigenvalue weighted by Gasteiger charge is 2.23. The number of aromatic carboxylic acids is 1. The lowest BCUT2D eigenvalue weighted by molar-refractivity contribution is 0.0694. The smallest absolute Gasteiger partial charge is 0.339 e. The number of benzene rings is 1. The highest BCUT2D eigenvalue weighted by atomic mass is 35.5. The first-order valence-electron chi connectivity index (χ1n) is 6.79. The van der Waals surface area contributed by atoms with Gasteiger partial charge in [-0.2, -0.15) is 5.10 Å². The Morgan fingerprint density at radius 1 is 1.33 bits per heavy atom. The number of carbonyl (C=O) groups is 1. The fourth-order valence-electron chi connectivity index (χ4n) is 2.34. The fourth-order valence-corrected chi connectivity index (χ4v) is 2.70. The number of aromatic nitrogens is 2. The summed E-state index contributed by atoms with van der Waals surface area (Å²) in [6, 6.07) is 5.06. The Hall–Kier alpha value is -1.52. The number of carboxylic acid groups (broad SMARTS) is 1. The monoisotopic (exact) mass is 326 g/mol. The molecular formula is C15H16Cl2N2O2. The molecular weight excluding hydrogens is 311 g/mol. The van der Waals surface area contributed by atoms with Crippen LogP contribution in [-0.2, 0) is 12.8 Å². The molecule has 1 aromatic heterocycles. The third-order valence-corrected chi connectivity index (χ3v) is 3.78. The molecule has 4 nitrogen and oxygen atoms in total. The molecule has 0 saturated carbocycles. The van der Waals surface area contributed by atoms with Crippen LogP contribution in [0.2, 0.25) is 10.0 Å². The molecule has 0 saturated heterocycles. The Morgan fingerprint density at radius 3 is 2.62 bits per heavy atom. The molecule has 2 rings (SSSR count). The van der Waals surface area contributed by atoms with Gasteiger partial charge in [-0.15, -0.1) is 0 Å². The van der Waals surface area contributed by atoms with E-state index in [0.29, 0.717) is 40.0 Å². The van der Waals surface area contributed by atoms with Crippen LogP contribution in [0.5, 0.6) is 0 Å². The summed E-state index contributed by atoms with van der Waals surface area (Å²) in [5.74, 6) is -0.959. The molecule has 1 N–H and O–H groups in total. The maximum atomic E-state index is 11.6. The highest BCUT2D eigenvalue weighted by molar-refractivity contribution is 6.34. The number of aryl methyl sites for hydroxylation is 1. The van der Waals surface area contributed by atoms with Crippen LogP contribution < -0.4 is 0 Å². The Labute approximate surface area is 133 Å². The molecule has 0 aliphatic heterocycles. The molecule has 2 aromatic rings. The molecule has 0 unspecified atom stereocenters. The van der Waals surface area contributed by atoms with Gasteiger partial charge in [-0.1, -0.05) is 43.5 Å². The minimum atomic E-state index is -0.959. The van der Waals surface area contributed by atoms with Crippen molar-refractivity contribution in [3.05, 3.63) is 45.2 Å². The second-order valence-corrected chi connectivity index (χ2v) is 5.53. The fraction of sp³-hybridized carbons (Fsp3) is 0.333. The van der Waals surface area contributed by atoms with Crippen molar-refractivity contribution >= 4 is 29.2 Å². The van der Waals surface area contributed by atoms with Crippen LogP contribution in [-0.4, -0.2) is 20.9 Å². The average molecular weight is 327 g/mol. The minimum absolute atomic E-state index is 0.274. The van der Waals surface area contributed by atoms with Gasteiger partial charge in [-0.25, -0.2) is 9.48 Å². The van der Waals surface area contributed by atoms with Crippen molar-refractivity contribution in [3.8, 4) is 5.69 Å². The number of halogens is 2. The molecule has 0 aliphatic carbocycles. The van der Waals surface area contributed by atoms with Gasteiger partial charge in [0.2, 0.25) is 0 Å². The molecule has 112 valence electrons. The predicted octanol–water partition coefficient (Wildman–Crippen LogP) is 4.39. The first kappa shape index (κ1) is 15.9. The number of hydrogen-bond donors (Lipinski definition) is 1. The van der Waals surface area contributed by atoms with Crippen molar-refractivity contribution in [2.24, 2.45) is 0 Å². The molecule has 0 aliphatic rings. The van der Waals surface area contributed by atoms with E-state index in [4.69, 9.17) is 23.2 Å². The van der Waals surface area contributed by atoms with Gasteiger partial charge in [0.05, 0.1) is 22.1 Å².